The molecule has 2 fully saturated rings. The van der Waals surface area contributed by atoms with Crippen LogP contribution in [-0.4, -0.2) is 102 Å². The maximum absolute atomic E-state index is 11.5. The lowest BCUT2D eigenvalue weighted by molar-refractivity contribution is -0.323. The number of aliphatic hydroxyl groups excluding tert-OH is 4. The van der Waals surface area contributed by atoms with Crippen molar-refractivity contribution < 1.29 is 44.2 Å². The van der Waals surface area contributed by atoms with E-state index < -0.39 is 73.6 Å². The van der Waals surface area contributed by atoms with E-state index in [-0.39, 0.29) is 6.61 Å². The third-order valence-corrected chi connectivity index (χ3v) is 5.07. The number of nitrogens with one attached hydrogen (secondary N) is 1. The first-order valence-electron chi connectivity index (χ1n) is 8.84. The van der Waals surface area contributed by atoms with Crippen LogP contribution in [0.3, 0.4) is 0 Å². The predicted molar refractivity (Wildman–Crippen MR) is 90.1 cm³/mol. The minimum atomic E-state index is -1.27. The normalized spacial score (nSPS) is 45.5. The van der Waals surface area contributed by atoms with Crippen molar-refractivity contribution in [2.24, 2.45) is 11.7 Å². The molecule has 0 aliphatic carbocycles. The van der Waals surface area contributed by atoms with Crippen molar-refractivity contribution in [2.75, 3.05) is 20.3 Å². The summed E-state index contributed by atoms with van der Waals surface area (Å²) in [5.74, 6) is -0.894. The van der Waals surface area contributed by atoms with Crippen molar-refractivity contribution in [2.45, 2.75) is 69.0 Å². The van der Waals surface area contributed by atoms with Crippen LogP contribution in [-0.2, 0) is 23.7 Å². The summed E-state index contributed by atoms with van der Waals surface area (Å²) in [5, 5.41) is 42.7. The van der Waals surface area contributed by atoms with E-state index >= 15 is 0 Å². The molecule has 0 bridgehead atoms. The van der Waals surface area contributed by atoms with E-state index in [2.05, 4.69) is 5.32 Å². The maximum Gasteiger partial charge on any atom is 0.217 e. The molecule has 10 atom stereocenters. The molecule has 11 nitrogen and oxygen atoms in total. The molecule has 7 N–H and O–H groups in total. The van der Waals surface area contributed by atoms with E-state index in [9.17, 15) is 25.2 Å². The van der Waals surface area contributed by atoms with Crippen LogP contribution in [0.1, 0.15) is 13.8 Å². The third-order valence-electron chi connectivity index (χ3n) is 5.07. The summed E-state index contributed by atoms with van der Waals surface area (Å²) in [4.78, 5) is 11.5. The van der Waals surface area contributed by atoms with Gasteiger partial charge >= 0.3 is 0 Å². The lowest BCUT2D eigenvalue weighted by Crippen LogP contribution is -2.67. The standard InChI is InChI=1S/C16H30N2O9/c1-6-8(4-19)25-16(11(12(6)22)18-7(2)21)27-14-9(5-20)26-15(24-3)10(17)13(14)23/h6,8-16,19-20,22-23H,4-5,17H2,1-3H3,(H,18,21)/t6-,8?,9?,10?,11?,12+,13-,14-,15-,16+/m1/s1. The number of rotatable bonds is 6. The highest BCUT2D eigenvalue weighted by Gasteiger charge is 2.50. The highest BCUT2D eigenvalue weighted by molar-refractivity contribution is 5.73. The number of hydrogen-bond donors (Lipinski definition) is 6. The van der Waals surface area contributed by atoms with Gasteiger partial charge in [0, 0.05) is 20.0 Å². The molecule has 2 aliphatic heterocycles. The summed E-state index contributed by atoms with van der Waals surface area (Å²) >= 11 is 0. The molecule has 0 aromatic rings. The van der Waals surface area contributed by atoms with Crippen LogP contribution in [0.25, 0.3) is 0 Å². The molecule has 4 unspecified atom stereocenters. The van der Waals surface area contributed by atoms with Gasteiger partial charge in [0.05, 0.1) is 31.5 Å². The van der Waals surface area contributed by atoms with Crippen LogP contribution in [0.4, 0.5) is 0 Å². The fourth-order valence-electron chi connectivity index (χ4n) is 3.43. The van der Waals surface area contributed by atoms with Gasteiger partial charge in [-0.15, -0.1) is 0 Å². The Balaban J connectivity index is 2.22. The zero-order chi connectivity index (χ0) is 20.3. The SMILES string of the molecule is CO[C@@H]1OC(CO)[C@@H](O[C@@H]2OC(CO)[C@@H](C)[C@H](O)C2NC(C)=O)[C@H](O)C1N. The van der Waals surface area contributed by atoms with Gasteiger partial charge in [0.15, 0.2) is 12.6 Å². The number of ether oxygens (including phenoxy) is 4. The number of carbonyl (C=O) groups is 1. The number of aliphatic hydroxyl groups is 4. The van der Waals surface area contributed by atoms with Gasteiger partial charge in [-0.1, -0.05) is 6.92 Å². The first-order valence-corrected chi connectivity index (χ1v) is 8.84. The number of nitrogens with two attached hydrogens (primary N) is 1. The molecule has 2 aliphatic rings. The molecule has 158 valence electrons. The number of methoxy groups -OCH3 is 1. The van der Waals surface area contributed by atoms with E-state index in [1.165, 1.54) is 14.0 Å². The van der Waals surface area contributed by atoms with Crippen molar-refractivity contribution in [1.82, 2.24) is 5.32 Å². The second kappa shape index (κ2) is 9.54. The van der Waals surface area contributed by atoms with Crippen molar-refractivity contribution in [1.29, 1.82) is 0 Å². The Morgan fingerprint density at radius 2 is 1.70 bits per heavy atom. The van der Waals surface area contributed by atoms with E-state index in [1.807, 2.05) is 0 Å². The average molecular weight is 394 g/mol. The number of carbonyl (C=O) groups excluding carboxylic acids is 1. The second-order valence-corrected chi connectivity index (χ2v) is 6.93. The van der Waals surface area contributed by atoms with Crippen LogP contribution >= 0.6 is 0 Å². The largest absolute Gasteiger partial charge is 0.394 e. The summed E-state index contributed by atoms with van der Waals surface area (Å²) in [6, 6.07) is -1.91. The first kappa shape index (κ1) is 22.4. The quantitative estimate of drug-likeness (QED) is 0.267. The number of amides is 1. The van der Waals surface area contributed by atoms with Gasteiger partial charge in [-0.25, -0.2) is 0 Å². The molecular formula is C16H30N2O9. The zero-order valence-corrected chi connectivity index (χ0v) is 15.6. The average Bonchev–Trinajstić information content (AvgIpc) is 2.64. The third kappa shape index (κ3) is 4.75. The zero-order valence-electron chi connectivity index (χ0n) is 15.6. The molecule has 27 heavy (non-hydrogen) atoms. The summed E-state index contributed by atoms with van der Waals surface area (Å²) in [7, 11) is 1.35. The maximum atomic E-state index is 11.5. The summed E-state index contributed by atoms with van der Waals surface area (Å²) in [6.45, 7) is 2.09. The van der Waals surface area contributed by atoms with Crippen molar-refractivity contribution in [3.8, 4) is 0 Å². The van der Waals surface area contributed by atoms with Gasteiger partial charge in [-0.2, -0.15) is 0 Å². The highest BCUT2D eigenvalue weighted by Crippen LogP contribution is 2.30. The minimum absolute atomic E-state index is 0.372. The fourth-order valence-corrected chi connectivity index (χ4v) is 3.43. The molecule has 2 rings (SSSR count). The van der Waals surface area contributed by atoms with E-state index in [4.69, 9.17) is 24.7 Å². The molecule has 1 amide bonds. The Morgan fingerprint density at radius 3 is 2.22 bits per heavy atom. The highest BCUT2D eigenvalue weighted by atomic mass is 16.7. The van der Waals surface area contributed by atoms with Gasteiger partial charge in [0.25, 0.3) is 0 Å². The summed E-state index contributed by atoms with van der Waals surface area (Å²) in [6.07, 6.45) is -7.32. The van der Waals surface area contributed by atoms with Crippen LogP contribution < -0.4 is 11.1 Å². The van der Waals surface area contributed by atoms with Crippen LogP contribution in [0.5, 0.6) is 0 Å². The molecule has 0 spiro atoms. The van der Waals surface area contributed by atoms with E-state index in [0.29, 0.717) is 0 Å². The monoisotopic (exact) mass is 394 g/mol. The van der Waals surface area contributed by atoms with Gasteiger partial charge in [-0.3, -0.25) is 4.79 Å². The van der Waals surface area contributed by atoms with E-state index in [1.54, 1.807) is 6.92 Å². The first-order chi connectivity index (χ1) is 12.7. The Labute approximate surface area is 157 Å². The van der Waals surface area contributed by atoms with Crippen molar-refractivity contribution in [3.05, 3.63) is 0 Å². The number of hydrogen-bond acceptors (Lipinski definition) is 10. The Hall–Kier alpha value is -0.890. The molecule has 0 radical (unpaired) electrons. The van der Waals surface area contributed by atoms with Crippen LogP contribution in [0.2, 0.25) is 0 Å². The Morgan fingerprint density at radius 1 is 1.11 bits per heavy atom. The van der Waals surface area contributed by atoms with Gasteiger partial charge in [0.1, 0.15) is 24.4 Å². The smallest absolute Gasteiger partial charge is 0.217 e. The second-order valence-electron chi connectivity index (χ2n) is 6.93. The lowest BCUT2D eigenvalue weighted by atomic mass is 9.89. The summed E-state index contributed by atoms with van der Waals surface area (Å²) in [5.41, 5.74) is 5.90. The van der Waals surface area contributed by atoms with E-state index in [0.717, 1.165) is 0 Å². The van der Waals surface area contributed by atoms with Crippen molar-refractivity contribution in [3.63, 3.8) is 0 Å². The minimum Gasteiger partial charge on any atom is -0.394 e. The predicted octanol–water partition coefficient (Wildman–Crippen LogP) is -3.36. The van der Waals surface area contributed by atoms with Crippen LogP contribution in [0.15, 0.2) is 0 Å². The molecular weight excluding hydrogens is 364 g/mol. The molecule has 0 aromatic heterocycles. The van der Waals surface area contributed by atoms with Crippen LogP contribution in [0, 0.1) is 5.92 Å². The Bertz CT molecular complexity index is 495. The molecule has 2 heterocycles. The van der Waals surface area contributed by atoms with Gasteiger partial charge in [-0.05, 0) is 0 Å². The molecule has 11 heteroatoms. The summed E-state index contributed by atoms with van der Waals surface area (Å²) < 4.78 is 22.0. The van der Waals surface area contributed by atoms with Gasteiger partial charge in [0.2, 0.25) is 5.91 Å². The van der Waals surface area contributed by atoms with Crippen molar-refractivity contribution >= 4 is 5.91 Å². The fraction of sp³-hybridized carbons (Fsp3) is 0.938. The molecule has 0 saturated carbocycles. The Kier molecular flexibility index (Phi) is 7.92. The topological polar surface area (TPSA) is 173 Å². The van der Waals surface area contributed by atoms with Gasteiger partial charge < -0.3 is 50.4 Å². The lowest BCUT2D eigenvalue weighted by Gasteiger charge is -2.47. The molecule has 0 aromatic carbocycles. The molecule has 2 saturated heterocycles.